The third-order valence-electron chi connectivity index (χ3n) is 3.81. The molecule has 0 amide bonds. The number of hydrogen-bond acceptors (Lipinski definition) is 3. The van der Waals surface area contributed by atoms with Gasteiger partial charge in [0.25, 0.3) is 0 Å². The van der Waals surface area contributed by atoms with Crippen molar-refractivity contribution in [3.8, 4) is 11.5 Å². The molecule has 4 heteroatoms. The van der Waals surface area contributed by atoms with E-state index in [1.54, 1.807) is 30.3 Å². The zero-order valence-electron chi connectivity index (χ0n) is 13.3. The number of carbonyl (C=O) groups is 1. The molecule has 0 atom stereocenters. The first-order valence-electron chi connectivity index (χ1n) is 7.39. The van der Waals surface area contributed by atoms with Crippen LogP contribution in [0.4, 0.5) is 4.39 Å². The number of allylic oxidation sites excluding steroid dienone is 2. The molecule has 0 bridgehead atoms. The fourth-order valence-electron chi connectivity index (χ4n) is 2.51. The average Bonchev–Trinajstić information content (AvgIpc) is 2.86. The molecular weight excluding hydrogens is 295 g/mol. The Balaban J connectivity index is 1.87. The van der Waals surface area contributed by atoms with Gasteiger partial charge >= 0.3 is 0 Å². The summed E-state index contributed by atoms with van der Waals surface area (Å²) in [5.74, 6) is 1.06. The third kappa shape index (κ3) is 2.72. The Labute approximate surface area is 134 Å². The van der Waals surface area contributed by atoms with Crippen molar-refractivity contribution in [1.29, 1.82) is 0 Å². The Hall–Kier alpha value is -2.62. The number of ketones is 1. The van der Waals surface area contributed by atoms with E-state index in [1.807, 2.05) is 20.8 Å². The number of Topliss-reactive ketones (excluding diaryl/α,β-unsaturated/α-hetero) is 1. The highest BCUT2D eigenvalue weighted by Gasteiger charge is 2.30. The summed E-state index contributed by atoms with van der Waals surface area (Å²) in [4.78, 5) is 12.3. The van der Waals surface area contributed by atoms with Gasteiger partial charge in [-0.05, 0) is 44.5 Å². The lowest BCUT2D eigenvalue weighted by atomic mass is 10.1. The van der Waals surface area contributed by atoms with Crippen LogP contribution in [0.5, 0.6) is 11.5 Å². The van der Waals surface area contributed by atoms with Crippen LogP contribution in [0.2, 0.25) is 0 Å². The van der Waals surface area contributed by atoms with E-state index in [9.17, 15) is 9.18 Å². The van der Waals surface area contributed by atoms with Gasteiger partial charge in [-0.15, -0.1) is 0 Å². The standard InChI is InChI=1S/C19H17FO3/c1-11(2)18-17(21)14-8-9-16(12(3)19(14)23-18)22-10-13-6-4-5-7-15(13)20/h4-9H,10H2,1-3H3. The average molecular weight is 312 g/mol. The van der Waals surface area contributed by atoms with E-state index in [2.05, 4.69) is 0 Å². The van der Waals surface area contributed by atoms with Crippen LogP contribution in [-0.4, -0.2) is 5.78 Å². The molecule has 2 aromatic carbocycles. The second-order valence-corrected chi connectivity index (χ2v) is 5.71. The van der Waals surface area contributed by atoms with E-state index in [0.29, 0.717) is 28.4 Å². The highest BCUT2D eigenvalue weighted by molar-refractivity contribution is 6.13. The Morgan fingerprint density at radius 1 is 1.17 bits per heavy atom. The molecule has 1 aliphatic rings. The predicted octanol–water partition coefficient (Wildman–Crippen LogP) is 4.58. The molecule has 0 saturated heterocycles. The predicted molar refractivity (Wildman–Crippen MR) is 85.2 cm³/mol. The number of rotatable bonds is 3. The minimum atomic E-state index is -0.301. The van der Waals surface area contributed by atoms with Crippen LogP contribution in [0, 0.1) is 12.7 Å². The van der Waals surface area contributed by atoms with Crippen LogP contribution in [-0.2, 0) is 6.61 Å². The van der Waals surface area contributed by atoms with Crippen molar-refractivity contribution >= 4 is 5.78 Å². The minimum absolute atomic E-state index is 0.108. The van der Waals surface area contributed by atoms with Crippen molar-refractivity contribution in [3.05, 3.63) is 70.2 Å². The second kappa shape index (κ2) is 5.88. The lowest BCUT2D eigenvalue weighted by Gasteiger charge is -2.12. The van der Waals surface area contributed by atoms with E-state index in [4.69, 9.17) is 9.47 Å². The van der Waals surface area contributed by atoms with Crippen LogP contribution >= 0.6 is 0 Å². The number of halogens is 1. The molecule has 0 aliphatic carbocycles. The van der Waals surface area contributed by atoms with Crippen molar-refractivity contribution in [1.82, 2.24) is 0 Å². The molecular formula is C19H17FO3. The summed E-state index contributed by atoms with van der Waals surface area (Å²) in [6, 6.07) is 9.90. The van der Waals surface area contributed by atoms with Gasteiger partial charge in [-0.3, -0.25) is 4.79 Å². The Morgan fingerprint density at radius 3 is 2.61 bits per heavy atom. The summed E-state index contributed by atoms with van der Waals surface area (Å²) in [7, 11) is 0. The fraction of sp³-hybridized carbons (Fsp3) is 0.211. The first-order chi connectivity index (χ1) is 11.0. The number of ether oxygens (including phenoxy) is 2. The largest absolute Gasteiger partial charge is 0.488 e. The third-order valence-corrected chi connectivity index (χ3v) is 3.81. The van der Waals surface area contributed by atoms with Gasteiger partial charge in [0.05, 0.1) is 5.56 Å². The highest BCUT2D eigenvalue weighted by atomic mass is 19.1. The molecule has 118 valence electrons. The maximum Gasteiger partial charge on any atom is 0.231 e. The molecule has 1 aliphatic heterocycles. The monoisotopic (exact) mass is 312 g/mol. The van der Waals surface area contributed by atoms with Crippen LogP contribution in [0.25, 0.3) is 0 Å². The summed E-state index contributed by atoms with van der Waals surface area (Å²) in [6.07, 6.45) is 0. The van der Waals surface area contributed by atoms with Crippen molar-refractivity contribution in [2.75, 3.05) is 0 Å². The van der Waals surface area contributed by atoms with E-state index in [1.165, 1.54) is 6.07 Å². The molecule has 3 nitrogen and oxygen atoms in total. The van der Waals surface area contributed by atoms with E-state index in [-0.39, 0.29) is 18.2 Å². The summed E-state index contributed by atoms with van der Waals surface area (Å²) >= 11 is 0. The van der Waals surface area contributed by atoms with Gasteiger partial charge in [0.1, 0.15) is 23.9 Å². The smallest absolute Gasteiger partial charge is 0.231 e. The van der Waals surface area contributed by atoms with Gasteiger partial charge in [-0.1, -0.05) is 18.2 Å². The maximum atomic E-state index is 13.6. The van der Waals surface area contributed by atoms with E-state index in [0.717, 1.165) is 11.1 Å². The molecule has 3 rings (SSSR count). The van der Waals surface area contributed by atoms with E-state index < -0.39 is 0 Å². The molecule has 0 fully saturated rings. The topological polar surface area (TPSA) is 35.5 Å². The van der Waals surface area contributed by atoms with Gasteiger partial charge in [-0.2, -0.15) is 0 Å². The molecule has 0 aromatic heterocycles. The minimum Gasteiger partial charge on any atom is -0.488 e. The van der Waals surface area contributed by atoms with Crippen molar-refractivity contribution in [3.63, 3.8) is 0 Å². The SMILES string of the molecule is CC(C)=C1Oc2c(ccc(OCc3ccccc3F)c2C)C1=O. The first kappa shape index (κ1) is 15.3. The Bertz CT molecular complexity index is 817. The van der Waals surface area contributed by atoms with Crippen LogP contribution in [0.1, 0.15) is 35.3 Å². The number of hydrogen-bond donors (Lipinski definition) is 0. The Morgan fingerprint density at radius 2 is 1.91 bits per heavy atom. The first-order valence-corrected chi connectivity index (χ1v) is 7.39. The summed E-state index contributed by atoms with van der Waals surface area (Å²) in [5, 5.41) is 0. The normalized spacial score (nSPS) is 12.9. The molecule has 0 spiro atoms. The lowest BCUT2D eigenvalue weighted by molar-refractivity contribution is 0.101. The highest BCUT2D eigenvalue weighted by Crippen LogP contribution is 2.39. The molecule has 0 saturated carbocycles. The van der Waals surface area contributed by atoms with Crippen LogP contribution < -0.4 is 9.47 Å². The molecule has 0 radical (unpaired) electrons. The molecule has 0 unspecified atom stereocenters. The summed E-state index contributed by atoms with van der Waals surface area (Å²) in [6.45, 7) is 5.63. The quantitative estimate of drug-likeness (QED) is 0.778. The van der Waals surface area contributed by atoms with Gasteiger partial charge in [0.15, 0.2) is 5.76 Å². The van der Waals surface area contributed by atoms with Crippen LogP contribution in [0.3, 0.4) is 0 Å². The molecule has 1 heterocycles. The number of fused-ring (bicyclic) bond motifs is 1. The molecule has 2 aromatic rings. The molecule has 23 heavy (non-hydrogen) atoms. The van der Waals surface area contributed by atoms with Crippen molar-refractivity contribution < 1.29 is 18.7 Å². The van der Waals surface area contributed by atoms with E-state index >= 15 is 0 Å². The van der Waals surface area contributed by atoms with Crippen molar-refractivity contribution in [2.24, 2.45) is 0 Å². The maximum absolute atomic E-state index is 13.6. The number of carbonyl (C=O) groups excluding carboxylic acids is 1. The zero-order chi connectivity index (χ0) is 16.6. The second-order valence-electron chi connectivity index (χ2n) is 5.71. The van der Waals surface area contributed by atoms with Gasteiger partial charge in [0.2, 0.25) is 5.78 Å². The van der Waals surface area contributed by atoms with Crippen LogP contribution in [0.15, 0.2) is 47.7 Å². The number of benzene rings is 2. The van der Waals surface area contributed by atoms with Gasteiger partial charge in [0, 0.05) is 11.1 Å². The molecule has 0 N–H and O–H groups in total. The van der Waals surface area contributed by atoms with Gasteiger partial charge in [-0.25, -0.2) is 4.39 Å². The summed E-state index contributed by atoms with van der Waals surface area (Å²) < 4.78 is 25.1. The lowest BCUT2D eigenvalue weighted by Crippen LogP contribution is -2.00. The zero-order valence-corrected chi connectivity index (χ0v) is 13.3. The summed E-state index contributed by atoms with van der Waals surface area (Å²) in [5.41, 5.74) is 2.59. The van der Waals surface area contributed by atoms with Gasteiger partial charge < -0.3 is 9.47 Å². The Kier molecular flexibility index (Phi) is 3.90. The van der Waals surface area contributed by atoms with Crippen molar-refractivity contribution in [2.45, 2.75) is 27.4 Å². The fourth-order valence-corrected chi connectivity index (χ4v) is 2.51.